The van der Waals surface area contributed by atoms with Crippen LogP contribution in [-0.2, 0) is 9.59 Å². The predicted octanol–water partition coefficient (Wildman–Crippen LogP) is 1.19. The van der Waals surface area contributed by atoms with Gasteiger partial charge in [0.2, 0.25) is 5.91 Å². The van der Waals surface area contributed by atoms with Gasteiger partial charge in [-0.1, -0.05) is 0 Å². The standard InChI is InChI=1S/C13H14N2O4/c1-13(2)10(18)8-5-7(3-4-9(16)17)6-14-11(8)15-12(13)19/h3-6,10,18H,1-2H3,(H,16,17)(H,14,15,19). The second-order valence-electron chi connectivity index (χ2n) is 4.96. The third kappa shape index (κ3) is 2.34. The molecule has 1 aliphatic heterocycles. The first-order chi connectivity index (χ1) is 8.82. The van der Waals surface area contributed by atoms with Crippen molar-refractivity contribution in [1.29, 1.82) is 0 Å². The van der Waals surface area contributed by atoms with E-state index in [0.717, 1.165) is 6.08 Å². The van der Waals surface area contributed by atoms with Gasteiger partial charge in [-0.05, 0) is 31.6 Å². The summed E-state index contributed by atoms with van der Waals surface area (Å²) in [5.74, 6) is -1.05. The van der Waals surface area contributed by atoms with Crippen molar-refractivity contribution in [2.24, 2.45) is 5.41 Å². The van der Waals surface area contributed by atoms with E-state index in [1.165, 1.54) is 12.3 Å². The highest BCUT2D eigenvalue weighted by Crippen LogP contribution is 2.41. The molecule has 0 saturated carbocycles. The highest BCUT2D eigenvalue weighted by atomic mass is 16.4. The summed E-state index contributed by atoms with van der Waals surface area (Å²) in [6, 6.07) is 1.62. The molecule has 0 aliphatic carbocycles. The van der Waals surface area contributed by atoms with Gasteiger partial charge < -0.3 is 15.5 Å². The van der Waals surface area contributed by atoms with Gasteiger partial charge in [0, 0.05) is 17.8 Å². The zero-order valence-electron chi connectivity index (χ0n) is 10.5. The van der Waals surface area contributed by atoms with E-state index in [4.69, 9.17) is 5.11 Å². The Labute approximate surface area is 109 Å². The number of hydrogen-bond donors (Lipinski definition) is 3. The quantitative estimate of drug-likeness (QED) is 0.695. The average molecular weight is 262 g/mol. The molecule has 3 N–H and O–H groups in total. The molecule has 1 atom stereocenters. The van der Waals surface area contributed by atoms with E-state index < -0.39 is 17.5 Å². The number of carbonyl (C=O) groups excluding carboxylic acids is 1. The maximum absolute atomic E-state index is 11.8. The van der Waals surface area contributed by atoms with E-state index in [9.17, 15) is 14.7 Å². The number of anilines is 1. The molecule has 0 radical (unpaired) electrons. The van der Waals surface area contributed by atoms with Gasteiger partial charge in [-0.3, -0.25) is 4.79 Å². The number of carboxylic acids is 1. The van der Waals surface area contributed by atoms with Crippen LogP contribution in [0.25, 0.3) is 6.08 Å². The zero-order valence-corrected chi connectivity index (χ0v) is 10.5. The van der Waals surface area contributed by atoms with E-state index in [1.807, 2.05) is 0 Å². The van der Waals surface area contributed by atoms with Gasteiger partial charge in [0.15, 0.2) is 0 Å². The molecule has 2 heterocycles. The van der Waals surface area contributed by atoms with Crippen molar-refractivity contribution in [2.45, 2.75) is 20.0 Å². The van der Waals surface area contributed by atoms with Crippen molar-refractivity contribution in [3.05, 3.63) is 29.5 Å². The molecule has 2 rings (SSSR count). The third-order valence-electron chi connectivity index (χ3n) is 3.15. The van der Waals surface area contributed by atoms with Crippen LogP contribution in [0.4, 0.5) is 5.82 Å². The molecule has 1 amide bonds. The summed E-state index contributed by atoms with van der Waals surface area (Å²) in [5.41, 5.74) is 0.0772. The molecule has 1 aliphatic rings. The first-order valence-corrected chi connectivity index (χ1v) is 5.73. The zero-order chi connectivity index (χ0) is 14.2. The molecule has 0 saturated heterocycles. The number of aliphatic carboxylic acids is 1. The fourth-order valence-corrected chi connectivity index (χ4v) is 1.85. The minimum absolute atomic E-state index is 0.297. The van der Waals surface area contributed by atoms with Crippen molar-refractivity contribution in [2.75, 3.05) is 5.32 Å². The molecule has 6 heteroatoms. The summed E-state index contributed by atoms with van der Waals surface area (Å²) in [7, 11) is 0. The van der Waals surface area contributed by atoms with E-state index in [0.29, 0.717) is 16.9 Å². The summed E-state index contributed by atoms with van der Waals surface area (Å²) in [4.78, 5) is 26.3. The van der Waals surface area contributed by atoms with Crippen LogP contribution in [0, 0.1) is 5.41 Å². The first kappa shape index (κ1) is 13.2. The van der Waals surface area contributed by atoms with Gasteiger partial charge in [-0.25, -0.2) is 9.78 Å². The molecule has 0 spiro atoms. The SMILES string of the molecule is CC1(C)C(=O)Nc2ncc(C=CC(=O)O)cc2C1O. The summed E-state index contributed by atoms with van der Waals surface area (Å²) in [6.45, 7) is 3.27. The number of carboxylic acid groups (broad SMARTS) is 1. The van der Waals surface area contributed by atoms with Crippen molar-refractivity contribution in [3.63, 3.8) is 0 Å². The number of aliphatic hydroxyl groups is 1. The third-order valence-corrected chi connectivity index (χ3v) is 3.15. The highest BCUT2D eigenvalue weighted by molar-refractivity contribution is 5.97. The van der Waals surface area contributed by atoms with Gasteiger partial charge in [0.05, 0.1) is 11.5 Å². The van der Waals surface area contributed by atoms with Crippen LogP contribution in [-0.4, -0.2) is 27.1 Å². The number of carbonyl (C=O) groups is 2. The number of fused-ring (bicyclic) bond motifs is 1. The van der Waals surface area contributed by atoms with Gasteiger partial charge in [0.1, 0.15) is 5.82 Å². The molecule has 0 bridgehead atoms. The van der Waals surface area contributed by atoms with Crippen molar-refractivity contribution < 1.29 is 19.8 Å². The Hall–Kier alpha value is -2.21. The van der Waals surface area contributed by atoms with E-state index in [-0.39, 0.29) is 5.91 Å². The van der Waals surface area contributed by atoms with Gasteiger partial charge in [-0.15, -0.1) is 0 Å². The topological polar surface area (TPSA) is 99.5 Å². The lowest BCUT2D eigenvalue weighted by atomic mass is 9.79. The van der Waals surface area contributed by atoms with Crippen LogP contribution < -0.4 is 5.32 Å². The largest absolute Gasteiger partial charge is 0.478 e. The van der Waals surface area contributed by atoms with E-state index in [1.54, 1.807) is 19.9 Å². The number of nitrogens with one attached hydrogen (secondary N) is 1. The van der Waals surface area contributed by atoms with E-state index in [2.05, 4.69) is 10.3 Å². The van der Waals surface area contributed by atoms with Crippen LogP contribution in [0.1, 0.15) is 31.1 Å². The van der Waals surface area contributed by atoms with Crippen LogP contribution in [0.5, 0.6) is 0 Å². The molecule has 6 nitrogen and oxygen atoms in total. The minimum Gasteiger partial charge on any atom is -0.478 e. The van der Waals surface area contributed by atoms with Crippen LogP contribution >= 0.6 is 0 Å². The maximum atomic E-state index is 11.8. The summed E-state index contributed by atoms with van der Waals surface area (Å²) < 4.78 is 0. The fourth-order valence-electron chi connectivity index (χ4n) is 1.85. The monoisotopic (exact) mass is 262 g/mol. The van der Waals surface area contributed by atoms with Crippen LogP contribution in [0.3, 0.4) is 0 Å². The second-order valence-corrected chi connectivity index (χ2v) is 4.96. The Morgan fingerprint density at radius 3 is 2.84 bits per heavy atom. The Morgan fingerprint density at radius 1 is 1.53 bits per heavy atom. The number of rotatable bonds is 2. The Bertz CT molecular complexity index is 578. The Morgan fingerprint density at radius 2 is 2.21 bits per heavy atom. The van der Waals surface area contributed by atoms with Crippen molar-refractivity contribution in [1.82, 2.24) is 4.98 Å². The molecule has 0 fully saturated rings. The average Bonchev–Trinajstić information content (AvgIpc) is 2.35. The van der Waals surface area contributed by atoms with Crippen LogP contribution in [0.15, 0.2) is 18.3 Å². The number of hydrogen-bond acceptors (Lipinski definition) is 4. The molecule has 100 valence electrons. The summed E-state index contributed by atoms with van der Waals surface area (Å²) in [6.07, 6.45) is 2.82. The lowest BCUT2D eigenvalue weighted by molar-refractivity contribution is -0.132. The number of aliphatic hydroxyl groups excluding tert-OH is 1. The van der Waals surface area contributed by atoms with Gasteiger partial charge >= 0.3 is 5.97 Å². The Kier molecular flexibility index (Phi) is 3.11. The highest BCUT2D eigenvalue weighted by Gasteiger charge is 2.42. The van der Waals surface area contributed by atoms with Crippen molar-refractivity contribution in [3.8, 4) is 0 Å². The number of amides is 1. The molecule has 1 unspecified atom stereocenters. The molecule has 0 aromatic carbocycles. The minimum atomic E-state index is -1.06. The predicted molar refractivity (Wildman–Crippen MR) is 68.3 cm³/mol. The number of pyridine rings is 1. The molecule has 1 aromatic rings. The molecular formula is C13H14N2O4. The van der Waals surface area contributed by atoms with Gasteiger partial charge in [0.25, 0.3) is 0 Å². The number of nitrogens with zero attached hydrogens (tertiary/aromatic N) is 1. The smallest absolute Gasteiger partial charge is 0.328 e. The second kappa shape index (κ2) is 4.47. The lowest BCUT2D eigenvalue weighted by Crippen LogP contribution is -2.41. The number of aromatic nitrogens is 1. The molecule has 1 aromatic heterocycles. The summed E-state index contributed by atoms with van der Waals surface area (Å²) in [5, 5.41) is 21.4. The van der Waals surface area contributed by atoms with Gasteiger partial charge in [-0.2, -0.15) is 0 Å². The maximum Gasteiger partial charge on any atom is 0.328 e. The Balaban J connectivity index is 2.43. The molecular weight excluding hydrogens is 248 g/mol. The van der Waals surface area contributed by atoms with Crippen molar-refractivity contribution >= 4 is 23.8 Å². The van der Waals surface area contributed by atoms with E-state index >= 15 is 0 Å². The molecule has 19 heavy (non-hydrogen) atoms. The first-order valence-electron chi connectivity index (χ1n) is 5.73. The van der Waals surface area contributed by atoms with Crippen LogP contribution in [0.2, 0.25) is 0 Å². The summed E-state index contributed by atoms with van der Waals surface area (Å²) >= 11 is 0. The normalized spacial score (nSPS) is 21.0. The lowest BCUT2D eigenvalue weighted by Gasteiger charge is -2.34. The fraction of sp³-hybridized carbons (Fsp3) is 0.308.